The number of nitrogens with zero attached hydrogens (tertiary/aromatic N) is 1. The van der Waals surface area contributed by atoms with Gasteiger partial charge < -0.3 is 9.64 Å². The zero-order valence-electron chi connectivity index (χ0n) is 19.2. The Labute approximate surface area is 201 Å². The topological polar surface area (TPSA) is 29.5 Å². The minimum Gasteiger partial charge on any atom is -0.489 e. The summed E-state index contributed by atoms with van der Waals surface area (Å²) in [6.07, 6.45) is 2.85. The summed E-state index contributed by atoms with van der Waals surface area (Å²) in [6.45, 7) is 0.525. The van der Waals surface area contributed by atoms with Gasteiger partial charge >= 0.3 is 0 Å². The van der Waals surface area contributed by atoms with Gasteiger partial charge in [-0.25, -0.2) is 0 Å². The van der Waals surface area contributed by atoms with E-state index in [9.17, 15) is 4.79 Å². The fraction of sp³-hybridized carbons (Fsp3) is 0.194. The fourth-order valence-corrected chi connectivity index (χ4v) is 4.79. The van der Waals surface area contributed by atoms with E-state index in [-0.39, 0.29) is 17.9 Å². The van der Waals surface area contributed by atoms with E-state index in [0.29, 0.717) is 6.61 Å². The summed E-state index contributed by atoms with van der Waals surface area (Å²) in [6, 6.07) is 38.9. The van der Waals surface area contributed by atoms with E-state index < -0.39 is 0 Å². The Hall–Kier alpha value is -3.85. The van der Waals surface area contributed by atoms with Crippen LogP contribution in [0.3, 0.4) is 0 Å². The summed E-state index contributed by atoms with van der Waals surface area (Å²) in [5, 5.41) is 0. The average Bonchev–Trinajstić information content (AvgIpc) is 2.90. The molecule has 3 nitrogen and oxygen atoms in total. The summed E-state index contributed by atoms with van der Waals surface area (Å²) >= 11 is 0. The molecule has 0 N–H and O–H groups in total. The molecule has 0 spiro atoms. The second-order valence-corrected chi connectivity index (χ2v) is 8.82. The highest BCUT2D eigenvalue weighted by atomic mass is 16.5. The zero-order chi connectivity index (χ0) is 23.2. The van der Waals surface area contributed by atoms with Crippen LogP contribution in [0, 0.1) is 5.92 Å². The lowest BCUT2D eigenvalue weighted by atomic mass is 9.78. The number of aryl methyl sites for hydroxylation is 1. The lowest BCUT2D eigenvalue weighted by Gasteiger charge is -2.47. The fourth-order valence-electron chi connectivity index (χ4n) is 4.79. The number of benzene rings is 4. The molecule has 1 saturated heterocycles. The Morgan fingerprint density at radius 1 is 0.706 bits per heavy atom. The van der Waals surface area contributed by atoms with E-state index >= 15 is 0 Å². The molecule has 0 saturated carbocycles. The molecule has 2 atom stereocenters. The summed E-state index contributed by atoms with van der Waals surface area (Å²) < 4.78 is 6.09. The van der Waals surface area contributed by atoms with Crippen LogP contribution in [0.1, 0.15) is 35.6 Å². The first-order chi connectivity index (χ1) is 16.8. The smallest absolute Gasteiger partial charge is 0.233 e. The molecule has 2 unspecified atom stereocenters. The van der Waals surface area contributed by atoms with Crippen molar-refractivity contribution < 1.29 is 9.53 Å². The highest BCUT2D eigenvalue weighted by Gasteiger charge is 2.48. The molecule has 170 valence electrons. The summed E-state index contributed by atoms with van der Waals surface area (Å²) in [5.74, 6) is 1.02. The molecule has 4 aromatic rings. The molecular weight excluding hydrogens is 418 g/mol. The van der Waals surface area contributed by atoms with Crippen molar-refractivity contribution in [2.45, 2.75) is 31.9 Å². The lowest BCUT2D eigenvalue weighted by molar-refractivity contribution is -0.130. The van der Waals surface area contributed by atoms with Gasteiger partial charge in [0.1, 0.15) is 12.4 Å². The van der Waals surface area contributed by atoms with Crippen LogP contribution in [-0.2, 0) is 17.8 Å². The number of amides is 1. The van der Waals surface area contributed by atoms with Crippen LogP contribution in [0.4, 0.5) is 5.69 Å². The van der Waals surface area contributed by atoms with Crippen LogP contribution in [0.5, 0.6) is 5.75 Å². The molecule has 0 aliphatic carbocycles. The maximum absolute atomic E-state index is 13.3. The van der Waals surface area contributed by atoms with Crippen molar-refractivity contribution in [3.05, 3.63) is 132 Å². The molecule has 1 amide bonds. The van der Waals surface area contributed by atoms with Crippen LogP contribution in [0.2, 0.25) is 0 Å². The first kappa shape index (κ1) is 22.0. The molecule has 1 aliphatic heterocycles. The van der Waals surface area contributed by atoms with Gasteiger partial charge in [-0.15, -0.1) is 0 Å². The number of carbonyl (C=O) groups excluding carboxylic acids is 1. The van der Waals surface area contributed by atoms with E-state index in [2.05, 4.69) is 48.5 Å². The third kappa shape index (κ3) is 4.89. The number of ether oxygens (including phenoxy) is 1. The standard InChI is InChI=1S/C31H29NO2/c33-31-29(21-10-16-24-12-4-1-5-13-24)30(32(31)27-18-8-3-9-19-27)26-17-11-20-28(22-26)34-23-25-14-6-2-7-15-25/h1-9,11-15,17-20,22,29-30H,10,16,21,23H2. The third-order valence-electron chi connectivity index (χ3n) is 6.52. The second kappa shape index (κ2) is 10.4. The van der Waals surface area contributed by atoms with Crippen molar-refractivity contribution in [1.82, 2.24) is 0 Å². The molecule has 0 aromatic heterocycles. The SMILES string of the molecule is O=C1C(CCCc2ccccc2)C(c2cccc(OCc3ccccc3)c2)N1c1ccccc1. The Morgan fingerprint density at radius 3 is 2.06 bits per heavy atom. The van der Waals surface area contributed by atoms with Crippen molar-refractivity contribution in [1.29, 1.82) is 0 Å². The van der Waals surface area contributed by atoms with Gasteiger partial charge in [-0.05, 0) is 60.2 Å². The maximum atomic E-state index is 13.3. The molecule has 1 aliphatic rings. The van der Waals surface area contributed by atoms with E-state index in [0.717, 1.165) is 41.8 Å². The number of β-lactam (4-membered cyclic amide) rings is 1. The normalized spacial score (nSPS) is 17.3. The molecule has 0 bridgehead atoms. The number of para-hydroxylation sites is 1. The van der Waals surface area contributed by atoms with Gasteiger partial charge in [0, 0.05) is 5.69 Å². The number of rotatable bonds is 9. The maximum Gasteiger partial charge on any atom is 0.233 e. The van der Waals surface area contributed by atoms with Crippen molar-refractivity contribution in [3.63, 3.8) is 0 Å². The van der Waals surface area contributed by atoms with Crippen LogP contribution >= 0.6 is 0 Å². The quantitative estimate of drug-likeness (QED) is 0.259. The Kier molecular flexibility index (Phi) is 6.71. The molecule has 1 fully saturated rings. The van der Waals surface area contributed by atoms with Gasteiger partial charge in [-0.1, -0.05) is 91.0 Å². The highest BCUT2D eigenvalue weighted by Crippen LogP contribution is 2.46. The van der Waals surface area contributed by atoms with Crippen LogP contribution in [-0.4, -0.2) is 5.91 Å². The van der Waals surface area contributed by atoms with Gasteiger partial charge in [0.25, 0.3) is 0 Å². The third-order valence-corrected chi connectivity index (χ3v) is 6.52. The van der Waals surface area contributed by atoms with Gasteiger partial charge in [-0.2, -0.15) is 0 Å². The number of hydrogen-bond donors (Lipinski definition) is 0. The average molecular weight is 448 g/mol. The molecule has 4 aromatic carbocycles. The summed E-state index contributed by atoms with van der Waals surface area (Å²) in [5.41, 5.74) is 4.53. The molecule has 0 radical (unpaired) electrons. The second-order valence-electron chi connectivity index (χ2n) is 8.82. The highest BCUT2D eigenvalue weighted by molar-refractivity contribution is 6.03. The van der Waals surface area contributed by atoms with Crippen LogP contribution < -0.4 is 9.64 Å². The van der Waals surface area contributed by atoms with E-state index in [4.69, 9.17) is 4.74 Å². The summed E-state index contributed by atoms with van der Waals surface area (Å²) in [4.78, 5) is 15.2. The van der Waals surface area contributed by atoms with Crippen LogP contribution in [0.15, 0.2) is 115 Å². The molecule has 3 heteroatoms. The van der Waals surface area contributed by atoms with Crippen molar-refractivity contribution in [3.8, 4) is 5.75 Å². The van der Waals surface area contributed by atoms with Crippen molar-refractivity contribution in [2.75, 3.05) is 4.90 Å². The Morgan fingerprint density at radius 2 is 1.35 bits per heavy atom. The largest absolute Gasteiger partial charge is 0.489 e. The number of anilines is 1. The van der Waals surface area contributed by atoms with Crippen LogP contribution in [0.25, 0.3) is 0 Å². The molecule has 1 heterocycles. The minimum atomic E-state index is -0.0201. The molecule has 34 heavy (non-hydrogen) atoms. The van der Waals surface area contributed by atoms with Gasteiger partial charge in [0.2, 0.25) is 5.91 Å². The Bertz CT molecular complexity index is 1210. The van der Waals surface area contributed by atoms with Crippen molar-refractivity contribution in [2.24, 2.45) is 5.92 Å². The molecular formula is C31H29NO2. The predicted molar refractivity (Wildman–Crippen MR) is 137 cm³/mol. The lowest BCUT2D eigenvalue weighted by Crippen LogP contribution is -2.55. The number of hydrogen-bond acceptors (Lipinski definition) is 2. The predicted octanol–water partition coefficient (Wildman–Crippen LogP) is 6.99. The van der Waals surface area contributed by atoms with Gasteiger partial charge in [0.05, 0.1) is 12.0 Å². The van der Waals surface area contributed by atoms with Crippen molar-refractivity contribution >= 4 is 11.6 Å². The number of carbonyl (C=O) groups is 1. The monoisotopic (exact) mass is 447 g/mol. The Balaban J connectivity index is 1.34. The summed E-state index contributed by atoms with van der Waals surface area (Å²) in [7, 11) is 0. The van der Waals surface area contributed by atoms with E-state index in [1.165, 1.54) is 5.56 Å². The van der Waals surface area contributed by atoms with E-state index in [1.807, 2.05) is 71.6 Å². The van der Waals surface area contributed by atoms with Gasteiger partial charge in [0.15, 0.2) is 0 Å². The first-order valence-corrected chi connectivity index (χ1v) is 12.0. The van der Waals surface area contributed by atoms with E-state index in [1.54, 1.807) is 0 Å². The molecule has 5 rings (SSSR count). The first-order valence-electron chi connectivity index (χ1n) is 12.0. The zero-order valence-corrected chi connectivity index (χ0v) is 19.2. The minimum absolute atomic E-state index is 0.0194. The van der Waals surface area contributed by atoms with Gasteiger partial charge in [-0.3, -0.25) is 4.79 Å².